The van der Waals surface area contributed by atoms with E-state index < -0.39 is 0 Å². The third-order valence-corrected chi connectivity index (χ3v) is 2.01. The highest BCUT2D eigenvalue weighted by atomic mass is 14.9. The van der Waals surface area contributed by atoms with E-state index in [0.717, 1.165) is 23.4 Å². The molecule has 1 aromatic carbocycles. The minimum Gasteiger partial charge on any atom is -0.386 e. The predicted molar refractivity (Wildman–Crippen MR) is 63.7 cm³/mol. The highest BCUT2D eigenvalue weighted by Gasteiger charge is 2.00. The Balaban J connectivity index is 3.01. The van der Waals surface area contributed by atoms with E-state index in [2.05, 4.69) is 29.7 Å². The third kappa shape index (κ3) is 2.46. The van der Waals surface area contributed by atoms with Gasteiger partial charge in [-0.15, -0.1) is 0 Å². The lowest BCUT2D eigenvalue weighted by molar-refractivity contribution is 1.15. The molecule has 2 heteroatoms. The number of allylic oxidation sites excluding steroid dienone is 1. The van der Waals surface area contributed by atoms with E-state index in [1.165, 1.54) is 5.56 Å². The van der Waals surface area contributed by atoms with Gasteiger partial charge in [-0.2, -0.15) is 0 Å². The molecule has 2 nitrogen and oxygen atoms in total. The second kappa shape index (κ2) is 4.61. The van der Waals surface area contributed by atoms with Gasteiger partial charge in [-0.25, -0.2) is 0 Å². The van der Waals surface area contributed by atoms with Crippen molar-refractivity contribution in [2.75, 3.05) is 12.4 Å². The molecule has 14 heavy (non-hydrogen) atoms. The number of benzene rings is 1. The maximum absolute atomic E-state index is 3.97. The number of nitrogens with zero attached hydrogens (tertiary/aromatic N) is 1. The average molecular weight is 188 g/mol. The van der Waals surface area contributed by atoms with Gasteiger partial charge >= 0.3 is 0 Å². The van der Waals surface area contributed by atoms with Gasteiger partial charge < -0.3 is 5.32 Å². The summed E-state index contributed by atoms with van der Waals surface area (Å²) in [5.74, 6) is 0. The first-order chi connectivity index (χ1) is 6.67. The number of anilines is 1. The van der Waals surface area contributed by atoms with Crippen LogP contribution in [-0.2, 0) is 6.42 Å². The van der Waals surface area contributed by atoms with Crippen LogP contribution in [0.3, 0.4) is 0 Å². The highest BCUT2D eigenvalue weighted by Crippen LogP contribution is 2.26. The summed E-state index contributed by atoms with van der Waals surface area (Å²) in [6, 6.07) is 6.13. The molecular weight excluding hydrogens is 172 g/mol. The van der Waals surface area contributed by atoms with E-state index in [4.69, 9.17) is 0 Å². The van der Waals surface area contributed by atoms with Gasteiger partial charge in [0.2, 0.25) is 0 Å². The van der Waals surface area contributed by atoms with Crippen molar-refractivity contribution in [2.45, 2.75) is 13.3 Å². The second-order valence-corrected chi connectivity index (χ2v) is 3.39. The van der Waals surface area contributed by atoms with Gasteiger partial charge in [0.1, 0.15) is 0 Å². The van der Waals surface area contributed by atoms with Gasteiger partial charge in [0.25, 0.3) is 0 Å². The summed E-state index contributed by atoms with van der Waals surface area (Å²) in [6.45, 7) is 9.45. The van der Waals surface area contributed by atoms with Gasteiger partial charge in [0.05, 0.1) is 11.4 Å². The van der Waals surface area contributed by atoms with Crippen molar-refractivity contribution in [3.63, 3.8) is 0 Å². The predicted octanol–water partition coefficient (Wildman–Crippen LogP) is 3.18. The second-order valence-electron chi connectivity index (χ2n) is 3.39. The Morgan fingerprint density at radius 1 is 1.50 bits per heavy atom. The molecule has 0 aliphatic rings. The molecule has 0 heterocycles. The number of hydrogen-bond donors (Lipinski definition) is 1. The summed E-state index contributed by atoms with van der Waals surface area (Å²) in [6.07, 6.45) is 0.895. The summed E-state index contributed by atoms with van der Waals surface area (Å²) >= 11 is 0. The highest BCUT2D eigenvalue weighted by molar-refractivity contribution is 5.68. The minimum atomic E-state index is 0.895. The zero-order valence-corrected chi connectivity index (χ0v) is 8.80. The fraction of sp³-hybridized carbons (Fsp3) is 0.250. The third-order valence-electron chi connectivity index (χ3n) is 2.01. The molecule has 0 aliphatic carbocycles. The summed E-state index contributed by atoms with van der Waals surface area (Å²) in [7, 11) is 1.88. The molecule has 0 saturated carbocycles. The molecule has 0 amide bonds. The lowest BCUT2D eigenvalue weighted by Gasteiger charge is -2.07. The van der Waals surface area contributed by atoms with Crippen molar-refractivity contribution in [1.29, 1.82) is 0 Å². The van der Waals surface area contributed by atoms with E-state index in [1.54, 1.807) is 0 Å². The fourth-order valence-electron chi connectivity index (χ4n) is 1.38. The molecule has 0 unspecified atom stereocenters. The van der Waals surface area contributed by atoms with Crippen LogP contribution < -0.4 is 5.32 Å². The zero-order chi connectivity index (χ0) is 10.6. The Labute approximate surface area is 85.4 Å². The molecular formula is C12H16N2. The van der Waals surface area contributed by atoms with Gasteiger partial charge in [-0.05, 0) is 37.8 Å². The minimum absolute atomic E-state index is 0.895. The molecule has 1 rings (SSSR count). The van der Waals surface area contributed by atoms with Gasteiger partial charge in [-0.3, -0.25) is 4.99 Å². The van der Waals surface area contributed by atoms with Crippen LogP contribution in [-0.4, -0.2) is 13.8 Å². The van der Waals surface area contributed by atoms with E-state index in [1.807, 2.05) is 26.1 Å². The summed E-state index contributed by atoms with van der Waals surface area (Å²) in [5.41, 5.74) is 4.27. The van der Waals surface area contributed by atoms with E-state index >= 15 is 0 Å². The first-order valence-corrected chi connectivity index (χ1v) is 4.59. The van der Waals surface area contributed by atoms with Gasteiger partial charge in [0, 0.05) is 7.05 Å². The van der Waals surface area contributed by atoms with Crippen LogP contribution in [0.15, 0.2) is 35.3 Å². The molecule has 0 fully saturated rings. The van der Waals surface area contributed by atoms with Crippen LogP contribution in [0, 0.1) is 0 Å². The summed E-state index contributed by atoms with van der Waals surface area (Å²) < 4.78 is 0. The Bertz CT molecular complexity index is 353. The first-order valence-electron chi connectivity index (χ1n) is 4.59. The smallest absolute Gasteiger partial charge is 0.0856 e. The van der Waals surface area contributed by atoms with Crippen molar-refractivity contribution in [1.82, 2.24) is 0 Å². The van der Waals surface area contributed by atoms with Crippen molar-refractivity contribution in [3.05, 3.63) is 35.9 Å². The molecule has 0 atom stereocenters. The Morgan fingerprint density at radius 2 is 2.21 bits per heavy atom. The van der Waals surface area contributed by atoms with Crippen LogP contribution in [0.1, 0.15) is 12.5 Å². The zero-order valence-electron chi connectivity index (χ0n) is 8.80. The van der Waals surface area contributed by atoms with Crippen molar-refractivity contribution in [3.8, 4) is 0 Å². The van der Waals surface area contributed by atoms with Crippen LogP contribution in [0.2, 0.25) is 0 Å². The summed E-state index contributed by atoms with van der Waals surface area (Å²) in [5, 5.41) is 3.07. The monoisotopic (exact) mass is 188 g/mol. The normalized spacial score (nSPS) is 9.57. The van der Waals surface area contributed by atoms with Crippen LogP contribution in [0.4, 0.5) is 11.4 Å². The van der Waals surface area contributed by atoms with Gasteiger partial charge in [-0.1, -0.05) is 18.2 Å². The maximum atomic E-state index is 3.97. The van der Waals surface area contributed by atoms with Crippen LogP contribution in [0.5, 0.6) is 0 Å². The van der Waals surface area contributed by atoms with Crippen LogP contribution in [0.25, 0.3) is 0 Å². The number of nitrogens with one attached hydrogen (secondary N) is 1. The SMILES string of the molecule is C=Nc1cc(CC(=C)C)ccc1NC. The molecule has 0 spiro atoms. The Morgan fingerprint density at radius 3 is 2.71 bits per heavy atom. The van der Waals surface area contributed by atoms with Crippen molar-refractivity contribution >= 4 is 18.1 Å². The average Bonchev–Trinajstić information content (AvgIpc) is 2.16. The topological polar surface area (TPSA) is 24.4 Å². The molecule has 0 aliphatic heterocycles. The van der Waals surface area contributed by atoms with Crippen LogP contribution >= 0.6 is 0 Å². The van der Waals surface area contributed by atoms with E-state index in [9.17, 15) is 0 Å². The summed E-state index contributed by atoms with van der Waals surface area (Å²) in [4.78, 5) is 3.97. The number of hydrogen-bond acceptors (Lipinski definition) is 2. The number of aliphatic imine (C=N–C) groups is 1. The lowest BCUT2D eigenvalue weighted by atomic mass is 10.1. The maximum Gasteiger partial charge on any atom is 0.0856 e. The molecule has 1 N–H and O–H groups in total. The molecule has 0 bridgehead atoms. The largest absolute Gasteiger partial charge is 0.386 e. The van der Waals surface area contributed by atoms with E-state index in [0.29, 0.717) is 0 Å². The van der Waals surface area contributed by atoms with Gasteiger partial charge in [0.15, 0.2) is 0 Å². The Kier molecular flexibility index (Phi) is 3.46. The number of rotatable bonds is 4. The standard InChI is InChI=1S/C12H16N2/c1-9(2)7-10-5-6-11(13-3)12(8-10)14-4/h5-6,8,13H,1,4,7H2,2-3H3. The van der Waals surface area contributed by atoms with Crippen molar-refractivity contribution < 1.29 is 0 Å². The quantitative estimate of drug-likeness (QED) is 0.569. The molecule has 0 aromatic heterocycles. The molecule has 0 radical (unpaired) electrons. The molecule has 74 valence electrons. The van der Waals surface area contributed by atoms with Crippen molar-refractivity contribution in [2.24, 2.45) is 4.99 Å². The molecule has 1 aromatic rings. The fourth-order valence-corrected chi connectivity index (χ4v) is 1.38. The van der Waals surface area contributed by atoms with E-state index in [-0.39, 0.29) is 0 Å². The molecule has 0 saturated heterocycles. The Hall–Kier alpha value is -1.57. The first kappa shape index (κ1) is 10.5. The lowest BCUT2D eigenvalue weighted by Crippen LogP contribution is -1.91.